The molecule has 0 radical (unpaired) electrons. The Morgan fingerprint density at radius 2 is 1.89 bits per heavy atom. The second-order valence-corrected chi connectivity index (χ2v) is 4.80. The van der Waals surface area contributed by atoms with E-state index >= 15 is 0 Å². The third-order valence-corrected chi connectivity index (χ3v) is 3.50. The second-order valence-electron chi connectivity index (χ2n) is 4.02. The second kappa shape index (κ2) is 5.30. The van der Waals surface area contributed by atoms with Crippen molar-refractivity contribution in [3.63, 3.8) is 0 Å². The quantitative estimate of drug-likeness (QED) is 0.834. The molecule has 0 amide bonds. The lowest BCUT2D eigenvalue weighted by Gasteiger charge is -2.17. The van der Waals surface area contributed by atoms with Crippen LogP contribution in [0.25, 0.3) is 0 Å². The summed E-state index contributed by atoms with van der Waals surface area (Å²) in [5, 5.41) is 6.62. The molecule has 1 atom stereocenters. The molecule has 0 aliphatic carbocycles. The van der Waals surface area contributed by atoms with Gasteiger partial charge >= 0.3 is 6.18 Å². The maximum Gasteiger partial charge on any atom is 0.419 e. The summed E-state index contributed by atoms with van der Waals surface area (Å²) in [6.45, 7) is 0. The molecule has 1 aromatic heterocycles. The molecule has 1 heterocycles. The number of hydrogen-bond donors (Lipinski definition) is 1. The molecule has 0 fully saturated rings. The van der Waals surface area contributed by atoms with E-state index in [0.29, 0.717) is 5.56 Å². The Labute approximate surface area is 111 Å². The zero-order valence-corrected chi connectivity index (χ0v) is 10.8. The van der Waals surface area contributed by atoms with Crippen LogP contribution in [0.1, 0.15) is 22.7 Å². The van der Waals surface area contributed by atoms with Crippen molar-refractivity contribution in [2.45, 2.75) is 12.2 Å². The molecule has 19 heavy (non-hydrogen) atoms. The zero-order valence-electron chi connectivity index (χ0n) is 9.96. The smallest absolute Gasteiger partial charge is 0.309 e. The Hall–Kier alpha value is -1.40. The van der Waals surface area contributed by atoms with Gasteiger partial charge in [0.15, 0.2) is 0 Å². The van der Waals surface area contributed by atoms with Crippen molar-refractivity contribution < 1.29 is 17.6 Å². The van der Waals surface area contributed by atoms with E-state index in [-0.39, 0.29) is 6.04 Å². The zero-order chi connectivity index (χ0) is 14.0. The van der Waals surface area contributed by atoms with Crippen LogP contribution in [0.3, 0.4) is 0 Å². The van der Waals surface area contributed by atoms with Crippen LogP contribution in [-0.4, -0.2) is 7.05 Å². The minimum absolute atomic E-state index is 0.382. The standard InChI is InChI=1S/C13H11F4NS/c1-18-12(9-4-5-19-7-9)8-2-3-11(14)10(6-8)13(15,16)17/h2-7,12,18H,1H3. The Bertz CT molecular complexity index is 548. The Balaban J connectivity index is 2.45. The molecule has 2 aromatic rings. The predicted molar refractivity (Wildman–Crippen MR) is 66.6 cm³/mol. The minimum Gasteiger partial charge on any atom is -0.309 e. The topological polar surface area (TPSA) is 12.0 Å². The van der Waals surface area contributed by atoms with Gasteiger partial charge in [0, 0.05) is 0 Å². The van der Waals surface area contributed by atoms with Gasteiger partial charge < -0.3 is 5.32 Å². The van der Waals surface area contributed by atoms with Crippen molar-refractivity contribution in [1.82, 2.24) is 5.32 Å². The van der Waals surface area contributed by atoms with Crippen LogP contribution in [0.5, 0.6) is 0 Å². The summed E-state index contributed by atoms with van der Waals surface area (Å²) in [4.78, 5) is 0. The van der Waals surface area contributed by atoms with Gasteiger partial charge in [0.1, 0.15) is 5.82 Å². The van der Waals surface area contributed by atoms with Crippen LogP contribution in [0.4, 0.5) is 17.6 Å². The molecule has 6 heteroatoms. The molecule has 1 unspecified atom stereocenters. The van der Waals surface area contributed by atoms with E-state index in [1.165, 1.54) is 17.4 Å². The lowest BCUT2D eigenvalue weighted by atomic mass is 9.99. The highest BCUT2D eigenvalue weighted by atomic mass is 32.1. The first-order chi connectivity index (χ1) is 8.93. The van der Waals surface area contributed by atoms with Crippen molar-refractivity contribution in [2.75, 3.05) is 7.05 Å². The summed E-state index contributed by atoms with van der Waals surface area (Å²) < 4.78 is 51.3. The highest BCUT2D eigenvalue weighted by Crippen LogP contribution is 2.34. The van der Waals surface area contributed by atoms with E-state index in [1.807, 2.05) is 16.8 Å². The molecule has 0 saturated carbocycles. The fourth-order valence-electron chi connectivity index (χ4n) is 1.90. The summed E-state index contributed by atoms with van der Waals surface area (Å²) >= 11 is 1.45. The average Bonchev–Trinajstić information content (AvgIpc) is 2.84. The normalized spacial score (nSPS) is 13.5. The summed E-state index contributed by atoms with van der Waals surface area (Å²) in [6, 6.07) is 4.52. The lowest BCUT2D eigenvalue weighted by Crippen LogP contribution is -2.18. The summed E-state index contributed by atoms with van der Waals surface area (Å²) in [5.74, 6) is -1.25. The van der Waals surface area contributed by atoms with Crippen LogP contribution in [0, 0.1) is 5.82 Å². The maximum absolute atomic E-state index is 13.2. The number of nitrogens with one attached hydrogen (secondary N) is 1. The third kappa shape index (κ3) is 2.96. The first-order valence-electron chi connectivity index (χ1n) is 5.49. The van der Waals surface area contributed by atoms with Gasteiger partial charge in [-0.05, 0) is 47.1 Å². The van der Waals surface area contributed by atoms with Crippen molar-refractivity contribution in [3.8, 4) is 0 Å². The first-order valence-corrected chi connectivity index (χ1v) is 6.43. The van der Waals surface area contributed by atoms with Crippen LogP contribution in [0.15, 0.2) is 35.0 Å². The first kappa shape index (κ1) is 14.0. The summed E-state index contributed by atoms with van der Waals surface area (Å²) in [5.41, 5.74) is 0.00216. The Morgan fingerprint density at radius 3 is 2.42 bits per heavy atom. The summed E-state index contributed by atoms with van der Waals surface area (Å²) in [6.07, 6.45) is -4.69. The highest BCUT2D eigenvalue weighted by molar-refractivity contribution is 7.08. The number of thiophene rings is 1. The molecular weight excluding hydrogens is 278 g/mol. The van der Waals surface area contributed by atoms with Gasteiger partial charge in [-0.1, -0.05) is 6.07 Å². The van der Waals surface area contributed by atoms with E-state index < -0.39 is 17.6 Å². The molecule has 0 saturated heterocycles. The van der Waals surface area contributed by atoms with E-state index in [1.54, 1.807) is 7.05 Å². The fourth-order valence-corrected chi connectivity index (χ4v) is 2.59. The molecule has 0 aliphatic rings. The number of rotatable bonds is 3. The average molecular weight is 289 g/mol. The van der Waals surface area contributed by atoms with Gasteiger partial charge in [-0.3, -0.25) is 0 Å². The maximum atomic E-state index is 13.2. The van der Waals surface area contributed by atoms with Gasteiger partial charge in [-0.25, -0.2) is 4.39 Å². The van der Waals surface area contributed by atoms with E-state index in [4.69, 9.17) is 0 Å². The highest BCUT2D eigenvalue weighted by Gasteiger charge is 2.34. The third-order valence-electron chi connectivity index (χ3n) is 2.79. The van der Waals surface area contributed by atoms with E-state index in [2.05, 4.69) is 5.32 Å². The van der Waals surface area contributed by atoms with Crippen molar-refractivity contribution in [1.29, 1.82) is 0 Å². The van der Waals surface area contributed by atoms with Crippen LogP contribution >= 0.6 is 11.3 Å². The Kier molecular flexibility index (Phi) is 3.91. The van der Waals surface area contributed by atoms with Crippen molar-refractivity contribution >= 4 is 11.3 Å². The van der Waals surface area contributed by atoms with E-state index in [0.717, 1.165) is 17.7 Å². The monoisotopic (exact) mass is 289 g/mol. The van der Waals surface area contributed by atoms with Crippen molar-refractivity contribution in [3.05, 3.63) is 57.5 Å². The van der Waals surface area contributed by atoms with Gasteiger partial charge in [0.05, 0.1) is 11.6 Å². The van der Waals surface area contributed by atoms with Crippen LogP contribution < -0.4 is 5.32 Å². The molecule has 2 rings (SSSR count). The fraction of sp³-hybridized carbons (Fsp3) is 0.231. The molecule has 0 aliphatic heterocycles. The molecule has 0 spiro atoms. The molecule has 102 valence electrons. The summed E-state index contributed by atoms with van der Waals surface area (Å²) in [7, 11) is 1.65. The molecule has 0 bridgehead atoms. The van der Waals surface area contributed by atoms with Gasteiger partial charge in [0.25, 0.3) is 0 Å². The Morgan fingerprint density at radius 1 is 1.16 bits per heavy atom. The largest absolute Gasteiger partial charge is 0.419 e. The van der Waals surface area contributed by atoms with Gasteiger partial charge in [-0.2, -0.15) is 24.5 Å². The number of hydrogen-bond acceptors (Lipinski definition) is 2. The predicted octanol–water partition coefficient (Wildman–Crippen LogP) is 4.21. The number of halogens is 4. The number of benzene rings is 1. The van der Waals surface area contributed by atoms with Gasteiger partial charge in [-0.15, -0.1) is 0 Å². The lowest BCUT2D eigenvalue weighted by molar-refractivity contribution is -0.140. The minimum atomic E-state index is -4.69. The SMILES string of the molecule is CNC(c1ccsc1)c1ccc(F)c(C(F)(F)F)c1. The molecule has 1 N–H and O–H groups in total. The number of alkyl halides is 3. The van der Waals surface area contributed by atoms with Gasteiger partial charge in [0.2, 0.25) is 0 Å². The van der Waals surface area contributed by atoms with Crippen molar-refractivity contribution in [2.24, 2.45) is 0 Å². The molecular formula is C13H11F4NS. The van der Waals surface area contributed by atoms with E-state index in [9.17, 15) is 17.6 Å². The molecule has 1 aromatic carbocycles. The molecule has 1 nitrogen and oxygen atoms in total. The van der Waals surface area contributed by atoms with Crippen LogP contribution in [-0.2, 0) is 6.18 Å². The van der Waals surface area contributed by atoms with Crippen LogP contribution in [0.2, 0.25) is 0 Å².